The molecule has 0 aromatic heterocycles. The number of nitrogens with zero attached hydrogens (tertiary/aromatic N) is 1. The summed E-state index contributed by atoms with van der Waals surface area (Å²) in [6, 6.07) is 13.3. The van der Waals surface area contributed by atoms with Crippen LogP contribution >= 0.6 is 0 Å². The number of hydrogen-bond donors (Lipinski definition) is 1. The Kier molecular flexibility index (Phi) is 5.46. The van der Waals surface area contributed by atoms with Crippen molar-refractivity contribution in [3.8, 4) is 0 Å². The summed E-state index contributed by atoms with van der Waals surface area (Å²) < 4.78 is 30.5. The fourth-order valence-electron chi connectivity index (χ4n) is 2.73. The molecule has 0 saturated carbocycles. The van der Waals surface area contributed by atoms with Crippen molar-refractivity contribution in [1.82, 2.24) is 9.62 Å². The third-order valence-electron chi connectivity index (χ3n) is 4.19. The number of amides is 2. The van der Waals surface area contributed by atoms with Crippen LogP contribution in [0.5, 0.6) is 0 Å². The Balaban J connectivity index is 1.54. The summed E-state index contributed by atoms with van der Waals surface area (Å²) in [5.74, 6) is -1.82. The first-order valence-electron chi connectivity index (χ1n) is 8.51. The van der Waals surface area contributed by atoms with Crippen LogP contribution in [0.3, 0.4) is 0 Å². The van der Waals surface area contributed by atoms with E-state index in [0.717, 1.165) is 0 Å². The van der Waals surface area contributed by atoms with Crippen molar-refractivity contribution in [3.63, 3.8) is 0 Å². The maximum absolute atomic E-state index is 12.4. The van der Waals surface area contributed by atoms with Gasteiger partial charge in [0.05, 0.1) is 12.1 Å². The second-order valence-corrected chi connectivity index (χ2v) is 7.94. The van der Waals surface area contributed by atoms with Crippen LogP contribution in [-0.2, 0) is 19.6 Å². The Morgan fingerprint density at radius 3 is 2.39 bits per heavy atom. The van der Waals surface area contributed by atoms with Crippen LogP contribution < -0.4 is 5.32 Å². The zero-order valence-electron chi connectivity index (χ0n) is 15.0. The lowest BCUT2D eigenvalue weighted by Crippen LogP contribution is -2.41. The molecular formula is C19H18N2O6S. The molecule has 3 rings (SSSR count). The molecule has 0 aliphatic carbocycles. The van der Waals surface area contributed by atoms with Gasteiger partial charge in [-0.2, -0.15) is 0 Å². The third-order valence-corrected chi connectivity index (χ3v) is 6.03. The monoisotopic (exact) mass is 402 g/mol. The third kappa shape index (κ3) is 3.74. The van der Waals surface area contributed by atoms with Gasteiger partial charge in [0.2, 0.25) is 0 Å². The van der Waals surface area contributed by atoms with E-state index in [4.69, 9.17) is 4.74 Å². The van der Waals surface area contributed by atoms with E-state index < -0.39 is 33.8 Å². The molecule has 0 fully saturated rings. The second kappa shape index (κ2) is 7.81. The molecule has 1 atom stereocenters. The van der Waals surface area contributed by atoms with Gasteiger partial charge in [0, 0.05) is 5.56 Å². The topological polar surface area (TPSA) is 110 Å². The average Bonchev–Trinajstić information content (AvgIpc) is 2.89. The van der Waals surface area contributed by atoms with E-state index in [9.17, 15) is 22.8 Å². The van der Waals surface area contributed by atoms with Gasteiger partial charge >= 0.3 is 5.97 Å². The number of rotatable bonds is 6. The van der Waals surface area contributed by atoms with Crippen LogP contribution in [0, 0.1) is 0 Å². The predicted octanol–water partition coefficient (Wildman–Crippen LogP) is 1.19. The minimum atomic E-state index is -3.95. The molecule has 28 heavy (non-hydrogen) atoms. The van der Waals surface area contributed by atoms with Crippen LogP contribution in [0.4, 0.5) is 0 Å². The molecule has 0 radical (unpaired) electrons. The number of carbonyl (C=O) groups excluding carboxylic acids is 3. The van der Waals surface area contributed by atoms with Crippen molar-refractivity contribution in [1.29, 1.82) is 0 Å². The Morgan fingerprint density at radius 1 is 1.07 bits per heavy atom. The van der Waals surface area contributed by atoms with Gasteiger partial charge in [-0.25, -0.2) is 17.5 Å². The molecule has 0 saturated heterocycles. The first-order valence-corrected chi connectivity index (χ1v) is 9.95. The lowest BCUT2D eigenvalue weighted by atomic mass is 10.2. The average molecular weight is 402 g/mol. The van der Waals surface area contributed by atoms with E-state index in [1.165, 1.54) is 25.1 Å². The molecule has 1 N–H and O–H groups in total. The SMILES string of the molecule is C[C@H](NC(=O)c1ccccc1)C(=O)OCCN1C(=O)c2ccccc2S1(=O)=O. The summed E-state index contributed by atoms with van der Waals surface area (Å²) >= 11 is 0. The van der Waals surface area contributed by atoms with Gasteiger partial charge in [-0.1, -0.05) is 30.3 Å². The summed E-state index contributed by atoms with van der Waals surface area (Å²) in [5.41, 5.74) is 0.492. The normalized spacial score (nSPS) is 15.6. The van der Waals surface area contributed by atoms with Gasteiger partial charge in [0.15, 0.2) is 0 Å². The summed E-state index contributed by atoms with van der Waals surface area (Å²) in [5, 5.41) is 2.50. The lowest BCUT2D eigenvalue weighted by molar-refractivity contribution is -0.145. The molecule has 9 heteroatoms. The largest absolute Gasteiger partial charge is 0.462 e. The van der Waals surface area contributed by atoms with Crippen LogP contribution in [0.25, 0.3) is 0 Å². The molecule has 1 heterocycles. The van der Waals surface area contributed by atoms with E-state index >= 15 is 0 Å². The number of sulfonamides is 1. The van der Waals surface area contributed by atoms with Crippen molar-refractivity contribution in [3.05, 3.63) is 65.7 Å². The zero-order valence-corrected chi connectivity index (χ0v) is 15.8. The molecule has 2 amide bonds. The highest BCUT2D eigenvalue weighted by molar-refractivity contribution is 7.90. The van der Waals surface area contributed by atoms with Gasteiger partial charge in [-0.05, 0) is 31.2 Å². The van der Waals surface area contributed by atoms with Crippen LogP contribution in [0.15, 0.2) is 59.5 Å². The first-order chi connectivity index (χ1) is 13.3. The zero-order chi connectivity index (χ0) is 20.3. The fourth-order valence-corrected chi connectivity index (χ4v) is 4.29. The predicted molar refractivity (Wildman–Crippen MR) is 99.0 cm³/mol. The van der Waals surface area contributed by atoms with Crippen LogP contribution in [-0.4, -0.2) is 49.7 Å². The van der Waals surface area contributed by atoms with Crippen LogP contribution in [0.2, 0.25) is 0 Å². The molecule has 1 aliphatic heterocycles. The van der Waals surface area contributed by atoms with E-state index in [1.54, 1.807) is 36.4 Å². The minimum Gasteiger partial charge on any atom is -0.462 e. The quantitative estimate of drug-likeness (QED) is 0.727. The molecule has 0 spiro atoms. The number of fused-ring (bicyclic) bond motifs is 1. The Morgan fingerprint density at radius 2 is 1.71 bits per heavy atom. The highest BCUT2D eigenvalue weighted by atomic mass is 32.2. The van der Waals surface area contributed by atoms with Crippen molar-refractivity contribution < 1.29 is 27.5 Å². The molecule has 2 aromatic carbocycles. The van der Waals surface area contributed by atoms with E-state index in [0.29, 0.717) is 9.87 Å². The first kappa shape index (κ1) is 19.6. The molecule has 2 aromatic rings. The number of benzene rings is 2. The Hall–Kier alpha value is -3.20. The number of ether oxygens (including phenoxy) is 1. The number of hydrogen-bond acceptors (Lipinski definition) is 6. The molecule has 146 valence electrons. The maximum atomic E-state index is 12.4. The smallest absolute Gasteiger partial charge is 0.328 e. The van der Waals surface area contributed by atoms with Gasteiger partial charge in [-0.15, -0.1) is 0 Å². The molecule has 8 nitrogen and oxygen atoms in total. The van der Waals surface area contributed by atoms with E-state index in [-0.39, 0.29) is 23.6 Å². The van der Waals surface area contributed by atoms with Crippen molar-refractivity contribution in [2.24, 2.45) is 0 Å². The molecule has 0 bridgehead atoms. The summed E-state index contributed by atoms with van der Waals surface area (Å²) in [6.45, 7) is 0.834. The molecule has 1 aliphatic rings. The number of esters is 1. The minimum absolute atomic E-state index is 0.0604. The molecule has 0 unspecified atom stereocenters. The lowest BCUT2D eigenvalue weighted by Gasteiger charge is -2.17. The van der Waals surface area contributed by atoms with Gasteiger partial charge in [0.1, 0.15) is 17.5 Å². The van der Waals surface area contributed by atoms with Crippen LogP contribution in [0.1, 0.15) is 27.6 Å². The van der Waals surface area contributed by atoms with E-state index in [1.807, 2.05) is 0 Å². The van der Waals surface area contributed by atoms with E-state index in [2.05, 4.69) is 5.32 Å². The van der Waals surface area contributed by atoms with Crippen molar-refractivity contribution in [2.75, 3.05) is 13.2 Å². The van der Waals surface area contributed by atoms with Gasteiger partial charge < -0.3 is 10.1 Å². The standard InChI is InChI=1S/C19H18N2O6S/c1-13(20-17(22)14-7-3-2-4-8-14)19(24)27-12-11-21-18(23)15-9-5-6-10-16(15)28(21,25)26/h2-10,13H,11-12H2,1H3,(H,20,22)/t13-/m0/s1. The highest BCUT2D eigenvalue weighted by Gasteiger charge is 2.40. The number of nitrogens with one attached hydrogen (secondary N) is 1. The fraction of sp³-hybridized carbons (Fsp3) is 0.211. The summed E-state index contributed by atoms with van der Waals surface area (Å²) in [4.78, 5) is 36.3. The van der Waals surface area contributed by atoms with Crippen molar-refractivity contribution >= 4 is 27.8 Å². The van der Waals surface area contributed by atoms with Gasteiger partial charge in [0.25, 0.3) is 21.8 Å². The second-order valence-electron chi connectivity index (χ2n) is 6.11. The Labute approximate surface area is 162 Å². The Bertz CT molecular complexity index is 1020. The maximum Gasteiger partial charge on any atom is 0.328 e. The number of carbonyl (C=O) groups is 3. The van der Waals surface area contributed by atoms with Gasteiger partial charge in [-0.3, -0.25) is 9.59 Å². The summed E-state index contributed by atoms with van der Waals surface area (Å²) in [7, 11) is -3.95. The van der Waals surface area contributed by atoms with Crippen molar-refractivity contribution in [2.45, 2.75) is 17.9 Å². The highest BCUT2D eigenvalue weighted by Crippen LogP contribution is 2.29. The molecular weight excluding hydrogens is 384 g/mol. The summed E-state index contributed by atoms with van der Waals surface area (Å²) in [6.07, 6.45) is 0.